The van der Waals surface area contributed by atoms with Crippen molar-refractivity contribution in [3.05, 3.63) is 0 Å². The minimum Gasteiger partial charge on any atom is -0.394 e. The molecule has 558 valence electrons. The molecule has 39 heteroatoms. The topological polar surface area (TPSA) is 550 Å². The number of aliphatic hydroxyl groups is 9. The summed E-state index contributed by atoms with van der Waals surface area (Å²) in [5.74, 6) is -3.26. The van der Waals surface area contributed by atoms with E-state index >= 15 is 0 Å². The Morgan fingerprint density at radius 2 is 0.625 bits per heavy atom. The van der Waals surface area contributed by atoms with Gasteiger partial charge in [-0.1, -0.05) is 0 Å². The van der Waals surface area contributed by atoms with E-state index in [-0.39, 0.29) is 195 Å². The molecular weight excluding hydrogens is 1290 g/mol. The molecule has 3 rings (SSSR count). The van der Waals surface area contributed by atoms with Crippen molar-refractivity contribution >= 4 is 41.4 Å². The van der Waals surface area contributed by atoms with Crippen LogP contribution in [0.2, 0.25) is 0 Å². The van der Waals surface area contributed by atoms with Gasteiger partial charge in [-0.2, -0.15) is 0 Å². The summed E-state index contributed by atoms with van der Waals surface area (Å²) >= 11 is 0. The van der Waals surface area contributed by atoms with Gasteiger partial charge in [-0.05, 0) is 0 Å². The van der Waals surface area contributed by atoms with Crippen LogP contribution in [0, 0.1) is 0 Å². The fourth-order valence-electron chi connectivity index (χ4n) is 9.40. The number of nitrogens with one attached hydrogen (secondary N) is 7. The number of amides is 7. The Morgan fingerprint density at radius 1 is 0.365 bits per heavy atom. The minimum absolute atomic E-state index is 0.0280. The summed E-state index contributed by atoms with van der Waals surface area (Å²) < 4.78 is 84.0. The van der Waals surface area contributed by atoms with Crippen LogP contribution in [0.4, 0.5) is 0 Å². The van der Waals surface area contributed by atoms with Crippen LogP contribution in [0.15, 0.2) is 0 Å². The number of rotatable bonds is 53. The summed E-state index contributed by atoms with van der Waals surface area (Å²) in [5.41, 5.74) is 4.25. The Kier molecular flexibility index (Phi) is 44.3. The van der Waals surface area contributed by atoms with Gasteiger partial charge >= 0.3 is 0 Å². The zero-order valence-electron chi connectivity index (χ0n) is 54.7. The summed E-state index contributed by atoms with van der Waals surface area (Å²) in [6.07, 6.45) is -16.0. The summed E-state index contributed by atoms with van der Waals surface area (Å²) in [6.45, 7) is 2.11. The number of aliphatic hydroxyl groups excluding tert-OH is 9. The van der Waals surface area contributed by atoms with E-state index in [2.05, 4.69) is 37.2 Å². The van der Waals surface area contributed by atoms with E-state index in [1.54, 1.807) is 0 Å². The largest absolute Gasteiger partial charge is 0.394 e. The van der Waals surface area contributed by atoms with Gasteiger partial charge in [0.05, 0.1) is 165 Å². The van der Waals surface area contributed by atoms with Crippen LogP contribution in [-0.4, -0.2) is 370 Å². The lowest BCUT2D eigenvalue weighted by molar-refractivity contribution is -0.272. The first-order chi connectivity index (χ1) is 46.1. The van der Waals surface area contributed by atoms with Crippen LogP contribution < -0.4 is 43.0 Å². The van der Waals surface area contributed by atoms with Crippen molar-refractivity contribution in [2.75, 3.05) is 185 Å². The van der Waals surface area contributed by atoms with Gasteiger partial charge in [0.25, 0.3) is 0 Å². The maximum atomic E-state index is 12.9. The molecule has 3 fully saturated rings. The van der Waals surface area contributed by atoms with Crippen LogP contribution in [0.3, 0.4) is 0 Å². The summed E-state index contributed by atoms with van der Waals surface area (Å²) in [4.78, 5) is 86.0. The highest BCUT2D eigenvalue weighted by atomic mass is 16.7. The number of carbonyl (C=O) groups is 7. The molecule has 15 atom stereocenters. The van der Waals surface area contributed by atoms with Crippen molar-refractivity contribution in [3.8, 4) is 0 Å². The Hall–Kier alpha value is -4.71. The quantitative estimate of drug-likeness (QED) is 0.0252. The third-order valence-corrected chi connectivity index (χ3v) is 14.2. The van der Waals surface area contributed by atoms with E-state index in [1.807, 2.05) is 0 Å². The average Bonchev–Trinajstić information content (AvgIpc) is 0.872. The predicted molar refractivity (Wildman–Crippen MR) is 324 cm³/mol. The second-order valence-corrected chi connectivity index (χ2v) is 22.1. The molecule has 7 amide bonds. The molecule has 0 spiro atoms. The molecule has 0 radical (unpaired) electrons. The van der Waals surface area contributed by atoms with Gasteiger partial charge in [-0.3, -0.25) is 33.6 Å². The van der Waals surface area contributed by atoms with Crippen molar-refractivity contribution in [1.29, 1.82) is 0 Å². The zero-order chi connectivity index (χ0) is 70.7. The minimum atomic E-state index is -1.46. The van der Waals surface area contributed by atoms with E-state index in [9.17, 15) is 79.5 Å². The number of nitrogens with two attached hydrogens (primary N) is 1. The molecule has 0 aromatic carbocycles. The molecule has 39 nitrogen and oxygen atoms in total. The zero-order valence-corrected chi connectivity index (χ0v) is 54.7. The molecule has 96 heavy (non-hydrogen) atoms. The standard InChI is InChI=1S/C57H104N8O31/c1-35(69)62-45-51(79)48(76)38(29-66)94-54(45)91-25-22-85-19-16-82-13-7-59-41(72)4-10-88-32-57(65-44(75)28-58,33-89-11-5-42(73)60-8-14-83-17-20-86-23-26-92-55-46(63-36(2)70)52(80)49(77)39(30-67)95-55)34-90-12-6-43(74)61-9-15-84-18-21-87-24-27-93-56-47(64-37(3)71)53(81)50(78)40(31-68)96-56/h38-40,45-56,66-68,76-81H,4-34,58H2,1-3H3,(H,59,72)(H,60,73)(H,61,74)(H,62,69)(H,63,70)(H,64,71)(H,65,75)/t38?,39?,40?,45?,46?,47?,48-,49-,50-,51+,52+,53+,54+,55+,56+,57?/m0/s1. The van der Waals surface area contributed by atoms with Crippen molar-refractivity contribution in [1.82, 2.24) is 37.2 Å². The second-order valence-electron chi connectivity index (χ2n) is 22.1. The molecule has 0 bridgehead atoms. The summed E-state index contributed by atoms with van der Waals surface area (Å²) in [7, 11) is 0. The van der Waals surface area contributed by atoms with Gasteiger partial charge in [-0.15, -0.1) is 0 Å². The summed E-state index contributed by atoms with van der Waals surface area (Å²) in [6, 6.07) is -3.28. The van der Waals surface area contributed by atoms with Crippen molar-refractivity contribution < 1.29 is 151 Å². The number of carbonyl (C=O) groups excluding carboxylic acids is 7. The molecule has 0 aliphatic carbocycles. The molecule has 3 aliphatic rings. The molecule has 6 unspecified atom stereocenters. The first kappa shape index (κ1) is 85.5. The fraction of sp³-hybridized carbons (Fsp3) is 0.877. The Balaban J connectivity index is 1.40. The number of hydrogen-bond donors (Lipinski definition) is 17. The van der Waals surface area contributed by atoms with Crippen molar-refractivity contribution in [2.24, 2.45) is 5.73 Å². The lowest BCUT2D eigenvalue weighted by Crippen LogP contribution is -2.64. The third kappa shape index (κ3) is 33.9. The SMILES string of the molecule is CC(=O)NC1[C@H](OCCOCCOCCNC(=O)CCOCC(COCCC(=O)NCCOCCOCCO[C@@H]2OC(CO)[C@H](O)[C@H](O)C2NC(C)=O)(COCCC(=O)NCCOCCOCCO[C@@H]2OC(CO)[C@H](O)[C@H](O)C2NC(C)=O)NC(=O)CN)OC(CO)[C@H](O)[C@@H]1O. The maximum absolute atomic E-state index is 12.9. The molecular formula is C57H104N8O31. The maximum Gasteiger partial charge on any atom is 0.234 e. The average molecular weight is 1400 g/mol. The number of hydrogen-bond acceptors (Lipinski definition) is 32. The first-order valence-electron chi connectivity index (χ1n) is 31.6. The molecule has 0 aromatic rings. The van der Waals surface area contributed by atoms with Crippen LogP contribution >= 0.6 is 0 Å². The molecule has 0 aromatic heterocycles. The highest BCUT2D eigenvalue weighted by Crippen LogP contribution is 2.25. The fourth-order valence-corrected chi connectivity index (χ4v) is 9.40. The normalized spacial score (nSPS) is 26.4. The van der Waals surface area contributed by atoms with Crippen molar-refractivity contribution in [3.63, 3.8) is 0 Å². The highest BCUT2D eigenvalue weighted by molar-refractivity contribution is 5.79. The van der Waals surface area contributed by atoms with E-state index in [4.69, 9.17) is 76.8 Å². The van der Waals surface area contributed by atoms with E-state index < -0.39 is 147 Å². The molecule has 18 N–H and O–H groups in total. The summed E-state index contributed by atoms with van der Waals surface area (Å²) in [5, 5.41) is 109. The van der Waals surface area contributed by atoms with Crippen LogP contribution in [-0.2, 0) is 105 Å². The lowest BCUT2D eigenvalue weighted by atomic mass is 9.97. The van der Waals surface area contributed by atoms with Gasteiger partial charge in [0.1, 0.15) is 78.6 Å². The smallest absolute Gasteiger partial charge is 0.234 e. The van der Waals surface area contributed by atoms with Crippen LogP contribution in [0.25, 0.3) is 0 Å². The second kappa shape index (κ2) is 49.7. The monoisotopic (exact) mass is 1400 g/mol. The van der Waals surface area contributed by atoms with E-state index in [1.165, 1.54) is 20.8 Å². The van der Waals surface area contributed by atoms with E-state index in [0.717, 1.165) is 0 Å². The molecule has 3 saturated heterocycles. The Labute approximate surface area is 555 Å². The number of ether oxygens (including phenoxy) is 15. The molecule has 3 aliphatic heterocycles. The Morgan fingerprint density at radius 3 is 0.875 bits per heavy atom. The lowest BCUT2D eigenvalue weighted by Gasteiger charge is -2.42. The molecule has 3 heterocycles. The van der Waals surface area contributed by atoms with Gasteiger partial charge in [0.15, 0.2) is 18.9 Å². The van der Waals surface area contributed by atoms with E-state index in [0.29, 0.717) is 0 Å². The van der Waals surface area contributed by atoms with Gasteiger partial charge in [0, 0.05) is 59.7 Å². The molecule has 0 saturated carbocycles. The van der Waals surface area contributed by atoms with Crippen LogP contribution in [0.5, 0.6) is 0 Å². The van der Waals surface area contributed by atoms with Gasteiger partial charge in [-0.25, -0.2) is 0 Å². The van der Waals surface area contributed by atoms with Gasteiger partial charge < -0.3 is 160 Å². The third-order valence-electron chi connectivity index (χ3n) is 14.2. The first-order valence-corrected chi connectivity index (χ1v) is 31.6. The van der Waals surface area contributed by atoms with Gasteiger partial charge in [0.2, 0.25) is 41.4 Å². The predicted octanol–water partition coefficient (Wildman–Crippen LogP) is -10.7. The van der Waals surface area contributed by atoms with Crippen molar-refractivity contribution in [2.45, 2.75) is 138 Å². The highest BCUT2D eigenvalue weighted by Gasteiger charge is 2.48. The Bertz CT molecular complexity index is 1970. The van der Waals surface area contributed by atoms with Crippen LogP contribution in [0.1, 0.15) is 40.0 Å².